The molecule has 2 aromatic heterocycles. The molecule has 2 fully saturated rings. The van der Waals surface area contributed by atoms with E-state index in [1.165, 1.54) is 30.6 Å². The molecular weight excluding hydrogens is 903 g/mol. The van der Waals surface area contributed by atoms with Crippen LogP contribution < -0.4 is 26.4 Å². The maximum absolute atomic E-state index is 13.8. The van der Waals surface area contributed by atoms with Gasteiger partial charge in [-0.25, -0.2) is 33.4 Å². The second-order valence-corrected chi connectivity index (χ2v) is 19.1. The number of hydrogen-bond donors (Lipinski definition) is 3. The number of nitrogens with two attached hydrogens (primary N) is 2. The highest BCUT2D eigenvalue weighted by Gasteiger charge is 2.26. The van der Waals surface area contributed by atoms with Gasteiger partial charge in [-0.15, -0.1) is 0 Å². The fraction of sp³-hybridized carbons (Fsp3) is 0.417. The van der Waals surface area contributed by atoms with Crippen LogP contribution in [0.15, 0.2) is 93.8 Å². The van der Waals surface area contributed by atoms with Crippen molar-refractivity contribution >= 4 is 52.0 Å². The maximum atomic E-state index is 13.8. The van der Waals surface area contributed by atoms with Crippen LogP contribution in [0.2, 0.25) is 0 Å². The second kappa shape index (κ2) is 23.5. The SMILES string of the molecule is C=N/C(=N\C=C(/C)CN)N1CCN(C(=O)CCOCCN2CCN(c3ncc(C(=O)NCCS(=O)(=O)c4ccc(C(=O)N5CCOc6ccc(-c7ccc(N)nc7)cc6C5)c(C)c4)cn3)CC2)CC1. The van der Waals surface area contributed by atoms with Gasteiger partial charge in [0.2, 0.25) is 17.8 Å². The van der Waals surface area contributed by atoms with Crippen LogP contribution in [0.4, 0.5) is 11.8 Å². The number of nitrogen functional groups attached to an aromatic ring is 1. The fourth-order valence-electron chi connectivity index (χ4n) is 8.07. The maximum Gasteiger partial charge on any atom is 0.254 e. The first-order valence-electron chi connectivity index (χ1n) is 23.0. The summed E-state index contributed by atoms with van der Waals surface area (Å²) in [5, 5.41) is 2.67. The Morgan fingerprint density at radius 1 is 0.884 bits per heavy atom. The summed E-state index contributed by atoms with van der Waals surface area (Å²) >= 11 is 0. The Hall–Kier alpha value is -6.81. The van der Waals surface area contributed by atoms with E-state index in [1.807, 2.05) is 45.9 Å². The number of nitrogens with zero attached hydrogens (tertiary/aromatic N) is 10. The number of carbonyl (C=O) groups excluding carboxylic acids is 3. The van der Waals surface area contributed by atoms with Crippen LogP contribution in [-0.4, -0.2) is 177 Å². The minimum Gasteiger partial charge on any atom is -0.491 e. The van der Waals surface area contributed by atoms with Crippen molar-refractivity contribution in [2.75, 3.05) is 115 Å². The quantitative estimate of drug-likeness (QED) is 0.0828. The number of sulfone groups is 1. The highest BCUT2D eigenvalue weighted by atomic mass is 32.2. The third-order valence-electron chi connectivity index (χ3n) is 12.2. The Bertz CT molecular complexity index is 2630. The molecule has 0 spiro atoms. The molecule has 7 rings (SSSR count). The Kier molecular flexibility index (Phi) is 17.0. The Morgan fingerprint density at radius 2 is 1.62 bits per heavy atom. The summed E-state index contributed by atoms with van der Waals surface area (Å²) in [7, 11) is -3.81. The van der Waals surface area contributed by atoms with Gasteiger partial charge in [0.05, 0.1) is 42.4 Å². The normalized spacial score (nSPS) is 16.1. The van der Waals surface area contributed by atoms with Crippen LogP contribution >= 0.6 is 0 Å². The average molecular weight is 964 g/mol. The molecule has 0 unspecified atom stereocenters. The van der Waals surface area contributed by atoms with Crippen molar-refractivity contribution in [1.29, 1.82) is 0 Å². The minimum absolute atomic E-state index is 0.0569. The zero-order chi connectivity index (χ0) is 48.9. The average Bonchev–Trinajstić information content (AvgIpc) is 3.59. The van der Waals surface area contributed by atoms with Gasteiger partial charge >= 0.3 is 0 Å². The van der Waals surface area contributed by atoms with Crippen molar-refractivity contribution in [3.8, 4) is 16.9 Å². The number of aryl methyl sites for hydroxylation is 1. The Labute approximate surface area is 403 Å². The number of anilines is 2. The van der Waals surface area contributed by atoms with E-state index in [1.54, 1.807) is 30.3 Å². The summed E-state index contributed by atoms with van der Waals surface area (Å²) < 4.78 is 38.5. The highest BCUT2D eigenvalue weighted by molar-refractivity contribution is 7.91. The van der Waals surface area contributed by atoms with E-state index in [-0.39, 0.29) is 34.6 Å². The van der Waals surface area contributed by atoms with Crippen LogP contribution in [0.25, 0.3) is 11.1 Å². The molecule has 69 heavy (non-hydrogen) atoms. The summed E-state index contributed by atoms with van der Waals surface area (Å²) in [6, 6.07) is 13.9. The summed E-state index contributed by atoms with van der Waals surface area (Å²) in [6.45, 7) is 15.4. The van der Waals surface area contributed by atoms with Gasteiger partial charge in [0.15, 0.2) is 9.84 Å². The summed E-state index contributed by atoms with van der Waals surface area (Å²) in [5.41, 5.74) is 16.1. The molecular formula is C48H61N13O7S. The first-order chi connectivity index (χ1) is 33.3. The molecule has 0 radical (unpaired) electrons. The van der Waals surface area contributed by atoms with Crippen LogP contribution in [0.1, 0.15) is 45.2 Å². The van der Waals surface area contributed by atoms with Gasteiger partial charge in [-0.3, -0.25) is 19.3 Å². The van der Waals surface area contributed by atoms with Gasteiger partial charge in [-0.2, -0.15) is 0 Å². The number of nitrogens with one attached hydrogen (secondary N) is 1. The summed E-state index contributed by atoms with van der Waals surface area (Å²) in [6.07, 6.45) is 6.58. The van der Waals surface area contributed by atoms with E-state index in [2.05, 4.69) is 41.9 Å². The number of ether oxygens (including phenoxy) is 2. The molecule has 0 atom stereocenters. The summed E-state index contributed by atoms with van der Waals surface area (Å²) in [4.78, 5) is 71.0. The van der Waals surface area contributed by atoms with E-state index >= 15 is 0 Å². The number of fused-ring (bicyclic) bond motifs is 1. The molecule has 3 amide bonds. The zero-order valence-electron chi connectivity index (χ0n) is 39.3. The van der Waals surface area contributed by atoms with E-state index in [0.29, 0.717) is 120 Å². The molecule has 4 aromatic rings. The lowest BCUT2D eigenvalue weighted by molar-refractivity contribution is -0.133. The van der Waals surface area contributed by atoms with Gasteiger partial charge in [0, 0.05) is 120 Å². The van der Waals surface area contributed by atoms with Crippen molar-refractivity contribution < 1.29 is 32.3 Å². The lowest BCUT2D eigenvalue weighted by Gasteiger charge is -2.35. The molecule has 3 aliphatic heterocycles. The first kappa shape index (κ1) is 50.1. The number of benzene rings is 2. The predicted molar refractivity (Wildman–Crippen MR) is 264 cm³/mol. The topological polar surface area (TPSA) is 247 Å². The molecule has 0 bridgehead atoms. The van der Waals surface area contributed by atoms with Crippen LogP contribution in [-0.2, 0) is 25.9 Å². The number of hydrogen-bond acceptors (Lipinski definition) is 15. The minimum atomic E-state index is -3.81. The van der Waals surface area contributed by atoms with Crippen molar-refractivity contribution in [2.45, 2.75) is 31.7 Å². The molecule has 5 N–H and O–H groups in total. The molecule has 21 heteroatoms. The Balaban J connectivity index is 0.796. The molecule has 0 saturated carbocycles. The summed E-state index contributed by atoms with van der Waals surface area (Å²) in [5.74, 6) is 1.13. The van der Waals surface area contributed by atoms with Crippen molar-refractivity contribution in [3.05, 3.63) is 101 Å². The van der Waals surface area contributed by atoms with Crippen molar-refractivity contribution in [3.63, 3.8) is 0 Å². The van der Waals surface area contributed by atoms with Crippen LogP contribution in [0, 0.1) is 6.92 Å². The predicted octanol–water partition coefficient (Wildman–Crippen LogP) is 2.26. The van der Waals surface area contributed by atoms with E-state index < -0.39 is 15.7 Å². The molecule has 5 heterocycles. The Morgan fingerprint density at radius 3 is 2.32 bits per heavy atom. The van der Waals surface area contributed by atoms with Gasteiger partial charge < -0.3 is 45.9 Å². The number of pyridine rings is 1. The van der Waals surface area contributed by atoms with Crippen LogP contribution in [0.5, 0.6) is 5.75 Å². The van der Waals surface area contributed by atoms with Gasteiger partial charge in [0.1, 0.15) is 18.2 Å². The molecule has 366 valence electrons. The van der Waals surface area contributed by atoms with Crippen molar-refractivity contribution in [1.82, 2.24) is 39.9 Å². The largest absolute Gasteiger partial charge is 0.491 e. The van der Waals surface area contributed by atoms with Gasteiger partial charge in [-0.05, 0) is 79.7 Å². The lowest BCUT2D eigenvalue weighted by Crippen LogP contribution is -2.50. The number of guanidine groups is 1. The van der Waals surface area contributed by atoms with E-state index in [4.69, 9.17) is 20.9 Å². The number of aromatic nitrogens is 3. The number of rotatable bonds is 16. The van der Waals surface area contributed by atoms with E-state index in [9.17, 15) is 22.8 Å². The number of amides is 3. The zero-order valence-corrected chi connectivity index (χ0v) is 40.1. The van der Waals surface area contributed by atoms with Gasteiger partial charge in [0.25, 0.3) is 11.8 Å². The van der Waals surface area contributed by atoms with E-state index in [0.717, 1.165) is 41.9 Å². The number of aliphatic imine (C=N–C) groups is 2. The first-order valence-corrected chi connectivity index (χ1v) is 24.7. The number of carbonyl (C=O) groups is 3. The molecule has 20 nitrogen and oxygen atoms in total. The van der Waals surface area contributed by atoms with Crippen LogP contribution in [0.3, 0.4) is 0 Å². The smallest absolute Gasteiger partial charge is 0.254 e. The fourth-order valence-corrected chi connectivity index (χ4v) is 9.31. The standard InChI is InChI=1S/C48H61N13O7S/c1-34(28-49)29-54-47(51-3)59-18-16-58(17-19-59)44(62)10-22-67-23-20-57-12-14-60(15-13-57)48-55-31-39(32-56-48)45(63)52-11-25-69(65,66)40-6-7-41(35(2)26-40)46(64)61-21-24-68-42-8-4-36(27-38(42)33-61)37-5-9-43(50)53-30-37/h4-9,26-27,29-32H,3,10-25,28,33,49H2,1-2H3,(H2,50,53)(H,52,63)/b34-29+,54-47+. The molecule has 0 aliphatic carbocycles. The van der Waals surface area contributed by atoms with Gasteiger partial charge in [-0.1, -0.05) is 6.07 Å². The third-order valence-corrected chi connectivity index (χ3v) is 14.0. The molecule has 2 aromatic carbocycles. The van der Waals surface area contributed by atoms with Crippen molar-refractivity contribution in [2.24, 2.45) is 15.7 Å². The third kappa shape index (κ3) is 13.3. The molecule has 3 aliphatic rings. The second-order valence-electron chi connectivity index (χ2n) is 17.0. The number of piperazine rings is 2. The lowest BCUT2D eigenvalue weighted by atomic mass is 10.0. The highest BCUT2D eigenvalue weighted by Crippen LogP contribution is 2.30. The monoisotopic (exact) mass is 963 g/mol. The molecule has 2 saturated heterocycles.